The van der Waals surface area contributed by atoms with Gasteiger partial charge in [-0.1, -0.05) is 127 Å². The Labute approximate surface area is 189 Å². The molecule has 5 aromatic carbocycles. The van der Waals surface area contributed by atoms with Crippen molar-refractivity contribution in [1.29, 1.82) is 0 Å². The van der Waals surface area contributed by atoms with Crippen molar-refractivity contribution in [2.45, 2.75) is 12.3 Å². The monoisotopic (exact) mass is 408 g/mol. The Morgan fingerprint density at radius 1 is 0.438 bits per heavy atom. The Bertz CT molecular complexity index is 1360. The van der Waals surface area contributed by atoms with Crippen LogP contribution in [0.4, 0.5) is 0 Å². The summed E-state index contributed by atoms with van der Waals surface area (Å²) in [6.45, 7) is 2.19. The summed E-state index contributed by atoms with van der Waals surface area (Å²) < 4.78 is 0. The molecular weight excluding hydrogens is 384 g/mol. The van der Waals surface area contributed by atoms with Crippen LogP contribution in [-0.4, -0.2) is 0 Å². The van der Waals surface area contributed by atoms with Crippen LogP contribution in [0.25, 0.3) is 22.3 Å². The average Bonchev–Trinajstić information content (AvgIpc) is 3.15. The largest absolute Gasteiger partial charge is 0.0713 e. The minimum atomic E-state index is -0.323. The van der Waals surface area contributed by atoms with Gasteiger partial charge >= 0.3 is 0 Å². The number of rotatable bonds is 3. The van der Waals surface area contributed by atoms with E-state index in [1.165, 1.54) is 50.1 Å². The smallest absolute Gasteiger partial charge is 0.0622 e. The van der Waals surface area contributed by atoms with E-state index in [1.54, 1.807) is 0 Å². The fraction of sp³-hybridized carbons (Fsp3) is 0.0625. The van der Waals surface area contributed by atoms with E-state index < -0.39 is 0 Å². The first-order valence-corrected chi connectivity index (χ1v) is 11.2. The van der Waals surface area contributed by atoms with Crippen LogP contribution in [0.1, 0.15) is 27.8 Å². The quantitative estimate of drug-likeness (QED) is 0.278. The van der Waals surface area contributed by atoms with Crippen molar-refractivity contribution < 1.29 is 0 Å². The minimum Gasteiger partial charge on any atom is -0.0622 e. The van der Waals surface area contributed by atoms with Gasteiger partial charge in [-0.3, -0.25) is 0 Å². The maximum Gasteiger partial charge on any atom is 0.0713 e. The van der Waals surface area contributed by atoms with E-state index in [4.69, 9.17) is 0 Å². The average molecular weight is 409 g/mol. The van der Waals surface area contributed by atoms with Gasteiger partial charge in [-0.2, -0.15) is 0 Å². The van der Waals surface area contributed by atoms with E-state index >= 15 is 0 Å². The van der Waals surface area contributed by atoms with E-state index in [9.17, 15) is 0 Å². The molecule has 0 atom stereocenters. The predicted octanol–water partition coefficient (Wildman–Crippen LogP) is 8.03. The molecule has 0 heterocycles. The molecule has 1 aliphatic carbocycles. The van der Waals surface area contributed by atoms with Crippen LogP contribution in [0, 0.1) is 6.92 Å². The van der Waals surface area contributed by atoms with E-state index in [-0.39, 0.29) is 5.41 Å². The third kappa shape index (κ3) is 2.70. The molecule has 6 rings (SSSR count). The maximum absolute atomic E-state index is 2.39. The van der Waals surface area contributed by atoms with Crippen LogP contribution in [0.15, 0.2) is 127 Å². The van der Waals surface area contributed by atoms with Gasteiger partial charge in [0.25, 0.3) is 0 Å². The highest BCUT2D eigenvalue weighted by Crippen LogP contribution is 2.56. The molecule has 0 aromatic heterocycles. The van der Waals surface area contributed by atoms with Crippen molar-refractivity contribution in [1.82, 2.24) is 0 Å². The van der Waals surface area contributed by atoms with Crippen LogP contribution < -0.4 is 0 Å². The first-order chi connectivity index (χ1) is 15.8. The molecule has 0 spiro atoms. The Hall–Kier alpha value is -3.90. The van der Waals surface area contributed by atoms with Crippen molar-refractivity contribution in [2.24, 2.45) is 0 Å². The normalized spacial score (nSPS) is 13.4. The molecule has 1 aliphatic rings. The van der Waals surface area contributed by atoms with Gasteiger partial charge in [0.15, 0.2) is 0 Å². The second kappa shape index (κ2) is 7.35. The van der Waals surface area contributed by atoms with Gasteiger partial charge in [-0.15, -0.1) is 0 Å². The molecule has 0 bridgehead atoms. The maximum atomic E-state index is 2.39. The van der Waals surface area contributed by atoms with Crippen LogP contribution in [0.2, 0.25) is 0 Å². The molecule has 0 unspecified atom stereocenters. The highest BCUT2D eigenvalue weighted by Gasteiger charge is 2.46. The van der Waals surface area contributed by atoms with Crippen molar-refractivity contribution in [3.63, 3.8) is 0 Å². The van der Waals surface area contributed by atoms with Crippen molar-refractivity contribution in [3.05, 3.63) is 155 Å². The van der Waals surface area contributed by atoms with Crippen LogP contribution >= 0.6 is 0 Å². The van der Waals surface area contributed by atoms with Crippen molar-refractivity contribution in [3.8, 4) is 22.3 Å². The summed E-state index contributed by atoms with van der Waals surface area (Å²) >= 11 is 0. The van der Waals surface area contributed by atoms with Gasteiger partial charge < -0.3 is 0 Å². The molecule has 5 aromatic rings. The first kappa shape index (κ1) is 18.8. The summed E-state index contributed by atoms with van der Waals surface area (Å²) in [5.74, 6) is 0. The molecule has 0 aliphatic heterocycles. The fourth-order valence-electron chi connectivity index (χ4n) is 5.42. The third-order valence-corrected chi connectivity index (χ3v) is 6.81. The van der Waals surface area contributed by atoms with Crippen molar-refractivity contribution in [2.75, 3.05) is 0 Å². The zero-order valence-corrected chi connectivity index (χ0v) is 18.1. The number of hydrogen-bond donors (Lipinski definition) is 0. The van der Waals surface area contributed by atoms with E-state index in [0.29, 0.717) is 0 Å². The number of fused-ring (bicyclic) bond motifs is 3. The third-order valence-electron chi connectivity index (χ3n) is 6.81. The van der Waals surface area contributed by atoms with Gasteiger partial charge in [-0.25, -0.2) is 0 Å². The lowest BCUT2D eigenvalue weighted by molar-refractivity contribution is 0.768. The Balaban J connectivity index is 1.73. The second-order valence-corrected chi connectivity index (χ2v) is 8.66. The van der Waals surface area contributed by atoms with E-state index in [1.807, 2.05) is 0 Å². The lowest BCUT2D eigenvalue weighted by atomic mass is 9.67. The van der Waals surface area contributed by atoms with E-state index in [2.05, 4.69) is 134 Å². The molecule has 0 radical (unpaired) electrons. The Kier molecular flexibility index (Phi) is 4.33. The molecule has 152 valence electrons. The molecule has 0 amide bonds. The Morgan fingerprint density at radius 2 is 0.938 bits per heavy atom. The lowest BCUT2D eigenvalue weighted by Crippen LogP contribution is -2.28. The Morgan fingerprint density at radius 3 is 1.53 bits per heavy atom. The number of benzene rings is 5. The molecule has 0 fully saturated rings. The first-order valence-electron chi connectivity index (χ1n) is 11.2. The van der Waals surface area contributed by atoms with Crippen LogP contribution in [-0.2, 0) is 5.41 Å². The van der Waals surface area contributed by atoms with Gasteiger partial charge in [0.1, 0.15) is 0 Å². The summed E-state index contributed by atoms with van der Waals surface area (Å²) in [5, 5.41) is 0. The highest BCUT2D eigenvalue weighted by atomic mass is 14.5. The zero-order valence-electron chi connectivity index (χ0n) is 18.1. The van der Waals surface area contributed by atoms with Gasteiger partial charge in [0, 0.05) is 0 Å². The van der Waals surface area contributed by atoms with Crippen molar-refractivity contribution >= 4 is 0 Å². The van der Waals surface area contributed by atoms with Gasteiger partial charge in [0.05, 0.1) is 5.41 Å². The molecule has 32 heavy (non-hydrogen) atoms. The summed E-state index contributed by atoms with van der Waals surface area (Å²) in [6.07, 6.45) is 0. The van der Waals surface area contributed by atoms with Crippen LogP contribution in [0.5, 0.6) is 0 Å². The standard InChI is InChI=1S/C32H24/c1-23-17-19-30-28(21-23)29-22-25(24-11-5-2-6-12-24)18-20-31(29)32(30,26-13-7-3-8-14-26)27-15-9-4-10-16-27/h2-22H,1H3. The van der Waals surface area contributed by atoms with Gasteiger partial charge in [0.2, 0.25) is 0 Å². The summed E-state index contributed by atoms with van der Waals surface area (Å²) in [7, 11) is 0. The molecule has 0 saturated carbocycles. The fourth-order valence-corrected chi connectivity index (χ4v) is 5.42. The summed E-state index contributed by atoms with van der Waals surface area (Å²) in [5.41, 5.74) is 11.5. The zero-order chi connectivity index (χ0) is 21.5. The lowest BCUT2D eigenvalue weighted by Gasteiger charge is -2.34. The molecule has 0 N–H and O–H groups in total. The number of hydrogen-bond acceptors (Lipinski definition) is 0. The topological polar surface area (TPSA) is 0 Å². The van der Waals surface area contributed by atoms with Gasteiger partial charge in [-0.05, 0) is 57.5 Å². The van der Waals surface area contributed by atoms with E-state index in [0.717, 1.165) is 0 Å². The highest BCUT2D eigenvalue weighted by molar-refractivity contribution is 5.89. The molecule has 0 nitrogen and oxygen atoms in total. The molecular formula is C32H24. The summed E-state index contributed by atoms with van der Waals surface area (Å²) in [4.78, 5) is 0. The number of aryl methyl sites for hydroxylation is 1. The molecule has 0 saturated heterocycles. The summed E-state index contributed by atoms with van der Waals surface area (Å²) in [6, 6.07) is 46.6. The van der Waals surface area contributed by atoms with Crippen LogP contribution in [0.3, 0.4) is 0 Å². The predicted molar refractivity (Wildman–Crippen MR) is 134 cm³/mol. The minimum absolute atomic E-state index is 0.323. The SMILES string of the molecule is Cc1ccc2c(c1)-c1cc(-c3ccccc3)ccc1C2(c1ccccc1)c1ccccc1. The molecule has 0 heteroatoms. The second-order valence-electron chi connectivity index (χ2n) is 8.66.